The van der Waals surface area contributed by atoms with Gasteiger partial charge in [0.25, 0.3) is 0 Å². The summed E-state index contributed by atoms with van der Waals surface area (Å²) in [6.45, 7) is 10.1. The number of rotatable bonds is 9. The zero-order valence-corrected chi connectivity index (χ0v) is 17.6. The lowest BCUT2D eigenvalue weighted by Gasteiger charge is -2.34. The fourth-order valence-electron chi connectivity index (χ4n) is 3.70. The Hall–Kier alpha value is -2.37. The average molecular weight is 396 g/mol. The molecule has 0 radical (unpaired) electrons. The maximum absolute atomic E-state index is 12.6. The van der Waals surface area contributed by atoms with Crippen LogP contribution in [0.15, 0.2) is 60.7 Å². The summed E-state index contributed by atoms with van der Waals surface area (Å²) in [5.74, 6) is 1.37. The van der Waals surface area contributed by atoms with Gasteiger partial charge in [-0.1, -0.05) is 62.4 Å². The number of piperazine rings is 1. The molecule has 1 atom stereocenters. The van der Waals surface area contributed by atoms with Crippen LogP contribution in [0.5, 0.6) is 5.75 Å². The van der Waals surface area contributed by atoms with E-state index in [-0.39, 0.29) is 11.9 Å². The number of carbonyl (C=O) groups excluding carboxylic acids is 1. The van der Waals surface area contributed by atoms with E-state index in [0.29, 0.717) is 19.1 Å². The summed E-state index contributed by atoms with van der Waals surface area (Å²) in [4.78, 5) is 17.3. The van der Waals surface area contributed by atoms with Crippen molar-refractivity contribution in [1.82, 2.24) is 15.1 Å². The molecule has 29 heavy (non-hydrogen) atoms. The van der Waals surface area contributed by atoms with Gasteiger partial charge in [-0.2, -0.15) is 0 Å². The van der Waals surface area contributed by atoms with Gasteiger partial charge < -0.3 is 10.1 Å². The van der Waals surface area contributed by atoms with E-state index in [2.05, 4.69) is 41.1 Å². The van der Waals surface area contributed by atoms with Gasteiger partial charge in [0.2, 0.25) is 5.91 Å². The van der Waals surface area contributed by atoms with Crippen LogP contribution in [-0.2, 0) is 4.79 Å². The number of hydrogen-bond acceptors (Lipinski definition) is 4. The minimum atomic E-state index is 0.0557. The third-order valence-electron chi connectivity index (χ3n) is 5.39. The SMILES string of the molecule is CC(C)C(NC(=O)CN1CCN(CCOc2ccccc2)CC1)c1ccccc1. The highest BCUT2D eigenvalue weighted by atomic mass is 16.5. The number of amides is 1. The molecule has 0 spiro atoms. The number of ether oxygens (including phenoxy) is 1. The van der Waals surface area contributed by atoms with Gasteiger partial charge in [-0.15, -0.1) is 0 Å². The largest absolute Gasteiger partial charge is 0.492 e. The number of nitrogens with zero attached hydrogens (tertiary/aromatic N) is 2. The molecule has 1 aliphatic rings. The van der Waals surface area contributed by atoms with Crippen LogP contribution < -0.4 is 10.1 Å². The second-order valence-corrected chi connectivity index (χ2v) is 7.98. The quantitative estimate of drug-likeness (QED) is 0.708. The van der Waals surface area contributed by atoms with Crippen molar-refractivity contribution >= 4 is 5.91 Å². The topological polar surface area (TPSA) is 44.8 Å². The predicted octanol–water partition coefficient (Wildman–Crippen LogP) is 3.20. The fourth-order valence-corrected chi connectivity index (χ4v) is 3.70. The molecule has 1 saturated heterocycles. The molecule has 1 amide bonds. The van der Waals surface area contributed by atoms with E-state index in [1.807, 2.05) is 48.5 Å². The molecule has 3 rings (SSSR count). The van der Waals surface area contributed by atoms with Gasteiger partial charge in [0.15, 0.2) is 0 Å². The van der Waals surface area contributed by atoms with Crippen LogP contribution in [0.4, 0.5) is 0 Å². The minimum absolute atomic E-state index is 0.0557. The molecule has 1 unspecified atom stereocenters. The Morgan fingerprint density at radius 1 is 0.931 bits per heavy atom. The van der Waals surface area contributed by atoms with Gasteiger partial charge in [0.05, 0.1) is 12.6 Å². The Kier molecular flexibility index (Phi) is 8.08. The molecule has 0 aromatic heterocycles. The predicted molar refractivity (Wildman–Crippen MR) is 117 cm³/mol. The van der Waals surface area contributed by atoms with Crippen LogP contribution in [0.25, 0.3) is 0 Å². The van der Waals surface area contributed by atoms with E-state index in [9.17, 15) is 4.79 Å². The lowest BCUT2D eigenvalue weighted by molar-refractivity contribution is -0.123. The monoisotopic (exact) mass is 395 g/mol. The number of carbonyl (C=O) groups is 1. The van der Waals surface area contributed by atoms with Crippen molar-refractivity contribution in [2.45, 2.75) is 19.9 Å². The third-order valence-corrected chi connectivity index (χ3v) is 5.39. The Labute approximate surface area is 174 Å². The van der Waals surface area contributed by atoms with Gasteiger partial charge in [-0.3, -0.25) is 14.6 Å². The molecule has 1 aliphatic heterocycles. The molecular formula is C24H33N3O2. The van der Waals surface area contributed by atoms with Crippen molar-refractivity contribution in [3.63, 3.8) is 0 Å². The fraction of sp³-hybridized carbons (Fsp3) is 0.458. The number of hydrogen-bond donors (Lipinski definition) is 1. The maximum Gasteiger partial charge on any atom is 0.234 e. The summed E-state index contributed by atoms with van der Waals surface area (Å²) in [5.41, 5.74) is 1.17. The van der Waals surface area contributed by atoms with Crippen molar-refractivity contribution in [1.29, 1.82) is 0 Å². The van der Waals surface area contributed by atoms with Crippen molar-refractivity contribution in [2.75, 3.05) is 45.9 Å². The minimum Gasteiger partial charge on any atom is -0.492 e. The van der Waals surface area contributed by atoms with Crippen molar-refractivity contribution in [2.24, 2.45) is 5.92 Å². The number of benzene rings is 2. The zero-order chi connectivity index (χ0) is 20.5. The first-order valence-corrected chi connectivity index (χ1v) is 10.6. The van der Waals surface area contributed by atoms with Crippen LogP contribution in [0, 0.1) is 5.92 Å². The highest BCUT2D eigenvalue weighted by Gasteiger charge is 2.22. The molecule has 2 aromatic carbocycles. The standard InChI is InChI=1S/C24H33N3O2/c1-20(2)24(21-9-5-3-6-10-21)25-23(28)19-27-15-13-26(14-16-27)17-18-29-22-11-7-4-8-12-22/h3-12,20,24H,13-19H2,1-2H3,(H,25,28). The Balaban J connectivity index is 1.38. The summed E-state index contributed by atoms with van der Waals surface area (Å²) in [5, 5.41) is 3.23. The van der Waals surface area contributed by atoms with E-state index in [1.165, 1.54) is 5.56 Å². The molecule has 2 aromatic rings. The Morgan fingerprint density at radius 2 is 1.52 bits per heavy atom. The van der Waals surface area contributed by atoms with Crippen molar-refractivity contribution in [3.8, 4) is 5.75 Å². The van der Waals surface area contributed by atoms with Gasteiger partial charge in [0.1, 0.15) is 12.4 Å². The van der Waals surface area contributed by atoms with Gasteiger partial charge in [-0.25, -0.2) is 0 Å². The molecule has 0 saturated carbocycles. The summed E-state index contributed by atoms with van der Waals surface area (Å²) in [6, 6.07) is 20.2. The molecule has 0 aliphatic carbocycles. The molecule has 5 nitrogen and oxygen atoms in total. The molecule has 0 bridgehead atoms. The Morgan fingerprint density at radius 3 is 2.14 bits per heavy atom. The normalized spacial score (nSPS) is 16.5. The molecule has 1 heterocycles. The second-order valence-electron chi connectivity index (χ2n) is 7.98. The first kappa shape index (κ1) is 21.3. The highest BCUT2D eigenvalue weighted by Crippen LogP contribution is 2.21. The van der Waals surface area contributed by atoms with Crippen LogP contribution in [0.1, 0.15) is 25.5 Å². The average Bonchev–Trinajstić information content (AvgIpc) is 2.74. The van der Waals surface area contributed by atoms with Gasteiger partial charge in [-0.05, 0) is 23.6 Å². The Bertz CT molecular complexity index is 728. The summed E-state index contributed by atoms with van der Waals surface area (Å²) in [7, 11) is 0. The molecule has 156 valence electrons. The van der Waals surface area contributed by atoms with Gasteiger partial charge in [0, 0.05) is 32.7 Å². The van der Waals surface area contributed by atoms with E-state index in [0.717, 1.165) is 38.5 Å². The van der Waals surface area contributed by atoms with Crippen LogP contribution >= 0.6 is 0 Å². The zero-order valence-electron chi connectivity index (χ0n) is 17.6. The first-order valence-electron chi connectivity index (χ1n) is 10.6. The van der Waals surface area contributed by atoms with Crippen molar-refractivity contribution in [3.05, 3.63) is 66.2 Å². The number of para-hydroxylation sites is 1. The van der Waals surface area contributed by atoms with Crippen molar-refractivity contribution < 1.29 is 9.53 Å². The van der Waals surface area contributed by atoms with E-state index in [4.69, 9.17) is 4.74 Å². The third kappa shape index (κ3) is 6.87. The van der Waals surface area contributed by atoms with E-state index in [1.54, 1.807) is 0 Å². The van der Waals surface area contributed by atoms with Crippen LogP contribution in [0.3, 0.4) is 0 Å². The smallest absolute Gasteiger partial charge is 0.234 e. The van der Waals surface area contributed by atoms with E-state index < -0.39 is 0 Å². The summed E-state index contributed by atoms with van der Waals surface area (Å²) < 4.78 is 5.79. The second kappa shape index (κ2) is 11.0. The lowest BCUT2D eigenvalue weighted by atomic mass is 9.96. The summed E-state index contributed by atoms with van der Waals surface area (Å²) >= 11 is 0. The summed E-state index contributed by atoms with van der Waals surface area (Å²) in [6.07, 6.45) is 0. The molecular weight excluding hydrogens is 362 g/mol. The molecule has 1 N–H and O–H groups in total. The van der Waals surface area contributed by atoms with Crippen LogP contribution in [-0.4, -0.2) is 61.6 Å². The first-order chi connectivity index (χ1) is 14.1. The maximum atomic E-state index is 12.6. The van der Waals surface area contributed by atoms with Crippen LogP contribution in [0.2, 0.25) is 0 Å². The number of nitrogens with one attached hydrogen (secondary N) is 1. The van der Waals surface area contributed by atoms with Gasteiger partial charge >= 0.3 is 0 Å². The lowest BCUT2D eigenvalue weighted by Crippen LogP contribution is -2.50. The highest BCUT2D eigenvalue weighted by molar-refractivity contribution is 5.78. The van der Waals surface area contributed by atoms with E-state index >= 15 is 0 Å². The molecule has 1 fully saturated rings. The molecule has 5 heteroatoms.